The van der Waals surface area contributed by atoms with Gasteiger partial charge in [0.1, 0.15) is 0 Å². The van der Waals surface area contributed by atoms with Gasteiger partial charge in [0.15, 0.2) is 0 Å². The molecule has 1 aromatic rings. The highest BCUT2D eigenvalue weighted by Gasteiger charge is 2.26. The molecule has 0 radical (unpaired) electrons. The summed E-state index contributed by atoms with van der Waals surface area (Å²) in [5.41, 5.74) is 0.924. The van der Waals surface area contributed by atoms with E-state index in [1.165, 1.54) is 0 Å². The van der Waals surface area contributed by atoms with E-state index in [1.807, 2.05) is 0 Å². The standard InChI is InChI=1S/C14H17ClN2O3/c1-9(18)8-16-14(20)11-5-4-10(15)7-12(11)17-6-2-3-13(17)19/h4-5,7,9,18H,2-3,6,8H2,1H3,(H,16,20). The molecular weight excluding hydrogens is 280 g/mol. The van der Waals surface area contributed by atoms with Crippen LogP contribution in [0.15, 0.2) is 18.2 Å². The fourth-order valence-corrected chi connectivity index (χ4v) is 2.32. The first-order chi connectivity index (χ1) is 9.49. The first-order valence-corrected chi connectivity index (χ1v) is 6.93. The SMILES string of the molecule is CC(O)CNC(=O)c1ccc(Cl)cc1N1CCCC1=O. The smallest absolute Gasteiger partial charge is 0.253 e. The molecule has 108 valence electrons. The van der Waals surface area contributed by atoms with E-state index in [9.17, 15) is 14.7 Å². The number of carbonyl (C=O) groups excluding carboxylic acids is 2. The van der Waals surface area contributed by atoms with Gasteiger partial charge in [0.05, 0.1) is 17.4 Å². The van der Waals surface area contributed by atoms with Crippen molar-refractivity contribution in [3.63, 3.8) is 0 Å². The highest BCUT2D eigenvalue weighted by molar-refractivity contribution is 6.31. The summed E-state index contributed by atoms with van der Waals surface area (Å²) in [6.07, 6.45) is 0.643. The molecule has 2 rings (SSSR count). The number of carbonyl (C=O) groups is 2. The number of nitrogens with one attached hydrogen (secondary N) is 1. The molecule has 5 nitrogen and oxygen atoms in total. The maximum absolute atomic E-state index is 12.1. The molecule has 1 aromatic carbocycles. The summed E-state index contributed by atoms with van der Waals surface area (Å²) < 4.78 is 0. The fourth-order valence-electron chi connectivity index (χ4n) is 2.16. The van der Waals surface area contributed by atoms with E-state index in [4.69, 9.17) is 11.6 Å². The van der Waals surface area contributed by atoms with Gasteiger partial charge in [0.2, 0.25) is 5.91 Å². The Balaban J connectivity index is 2.28. The van der Waals surface area contributed by atoms with Crippen LogP contribution in [0.2, 0.25) is 5.02 Å². The van der Waals surface area contributed by atoms with E-state index in [-0.39, 0.29) is 18.4 Å². The number of benzene rings is 1. The zero-order valence-electron chi connectivity index (χ0n) is 11.2. The molecule has 1 heterocycles. The third kappa shape index (κ3) is 3.29. The summed E-state index contributed by atoms with van der Waals surface area (Å²) in [7, 11) is 0. The van der Waals surface area contributed by atoms with Gasteiger partial charge in [0, 0.05) is 24.5 Å². The van der Waals surface area contributed by atoms with E-state index >= 15 is 0 Å². The van der Waals surface area contributed by atoms with Gasteiger partial charge < -0.3 is 15.3 Å². The molecular formula is C14H17ClN2O3. The average molecular weight is 297 g/mol. The predicted molar refractivity (Wildman–Crippen MR) is 77.1 cm³/mol. The molecule has 20 heavy (non-hydrogen) atoms. The Morgan fingerprint density at radius 3 is 2.90 bits per heavy atom. The highest BCUT2D eigenvalue weighted by Crippen LogP contribution is 2.28. The molecule has 6 heteroatoms. The summed E-state index contributed by atoms with van der Waals surface area (Å²) in [5.74, 6) is -0.325. The van der Waals surface area contributed by atoms with Crippen LogP contribution in [-0.2, 0) is 4.79 Å². The van der Waals surface area contributed by atoms with Crippen LogP contribution in [-0.4, -0.2) is 36.1 Å². The summed E-state index contributed by atoms with van der Waals surface area (Å²) >= 11 is 5.97. The Hall–Kier alpha value is -1.59. The van der Waals surface area contributed by atoms with Crippen LogP contribution in [0.5, 0.6) is 0 Å². The van der Waals surface area contributed by atoms with Crippen molar-refractivity contribution in [1.82, 2.24) is 5.32 Å². The molecule has 0 aromatic heterocycles. The fraction of sp³-hybridized carbons (Fsp3) is 0.429. The molecule has 0 saturated carbocycles. The zero-order valence-corrected chi connectivity index (χ0v) is 12.0. The van der Waals surface area contributed by atoms with Gasteiger partial charge in [-0.1, -0.05) is 11.6 Å². The molecule has 0 aliphatic carbocycles. The van der Waals surface area contributed by atoms with Crippen LogP contribution >= 0.6 is 11.6 Å². The first-order valence-electron chi connectivity index (χ1n) is 6.55. The lowest BCUT2D eigenvalue weighted by atomic mass is 10.1. The second-order valence-electron chi connectivity index (χ2n) is 4.87. The Morgan fingerprint density at radius 2 is 2.30 bits per heavy atom. The minimum atomic E-state index is -0.622. The lowest BCUT2D eigenvalue weighted by Crippen LogP contribution is -2.33. The number of hydrogen-bond acceptors (Lipinski definition) is 3. The van der Waals surface area contributed by atoms with Crippen LogP contribution in [0.1, 0.15) is 30.1 Å². The second-order valence-corrected chi connectivity index (χ2v) is 5.31. The van der Waals surface area contributed by atoms with Gasteiger partial charge in [-0.3, -0.25) is 9.59 Å². The van der Waals surface area contributed by atoms with E-state index in [2.05, 4.69) is 5.32 Å². The lowest BCUT2D eigenvalue weighted by molar-refractivity contribution is -0.117. The monoisotopic (exact) mass is 296 g/mol. The number of rotatable bonds is 4. The predicted octanol–water partition coefficient (Wildman–Crippen LogP) is 1.58. The van der Waals surface area contributed by atoms with E-state index in [0.29, 0.717) is 29.2 Å². The van der Waals surface area contributed by atoms with Crippen molar-refractivity contribution < 1.29 is 14.7 Å². The van der Waals surface area contributed by atoms with Gasteiger partial charge in [-0.15, -0.1) is 0 Å². The third-order valence-electron chi connectivity index (χ3n) is 3.13. The molecule has 2 N–H and O–H groups in total. The highest BCUT2D eigenvalue weighted by atomic mass is 35.5. The van der Waals surface area contributed by atoms with Crippen LogP contribution in [0, 0.1) is 0 Å². The van der Waals surface area contributed by atoms with Crippen LogP contribution in [0.3, 0.4) is 0 Å². The number of hydrogen-bond donors (Lipinski definition) is 2. The first kappa shape index (κ1) is 14.8. The van der Waals surface area contributed by atoms with Gasteiger partial charge in [0.25, 0.3) is 5.91 Å². The van der Waals surface area contributed by atoms with Crippen molar-refractivity contribution in [2.45, 2.75) is 25.9 Å². The van der Waals surface area contributed by atoms with Gasteiger partial charge in [-0.25, -0.2) is 0 Å². The van der Waals surface area contributed by atoms with Gasteiger partial charge >= 0.3 is 0 Å². The molecule has 0 spiro atoms. The van der Waals surface area contributed by atoms with E-state index in [0.717, 1.165) is 6.42 Å². The van der Waals surface area contributed by atoms with Crippen LogP contribution in [0.25, 0.3) is 0 Å². The summed E-state index contributed by atoms with van der Waals surface area (Å²) in [6.45, 7) is 2.34. The maximum atomic E-state index is 12.1. The van der Waals surface area contributed by atoms with Crippen molar-refractivity contribution >= 4 is 29.1 Å². The molecule has 1 aliphatic rings. The van der Waals surface area contributed by atoms with Crippen LogP contribution in [0.4, 0.5) is 5.69 Å². The quantitative estimate of drug-likeness (QED) is 0.886. The lowest BCUT2D eigenvalue weighted by Gasteiger charge is -2.20. The molecule has 0 bridgehead atoms. The molecule has 1 aliphatic heterocycles. The topological polar surface area (TPSA) is 69.6 Å². The Kier molecular flexibility index (Phi) is 4.62. The molecule has 2 amide bonds. The van der Waals surface area contributed by atoms with Crippen LogP contribution < -0.4 is 10.2 Å². The minimum Gasteiger partial charge on any atom is -0.392 e. The maximum Gasteiger partial charge on any atom is 0.253 e. The summed E-state index contributed by atoms with van der Waals surface area (Å²) in [4.78, 5) is 25.6. The number of amides is 2. The number of halogens is 1. The van der Waals surface area contributed by atoms with Gasteiger partial charge in [-0.2, -0.15) is 0 Å². The number of anilines is 1. The Bertz CT molecular complexity index is 531. The Morgan fingerprint density at radius 1 is 1.55 bits per heavy atom. The minimum absolute atomic E-state index is 0.00292. The van der Waals surface area contributed by atoms with Crippen molar-refractivity contribution in [3.8, 4) is 0 Å². The van der Waals surface area contributed by atoms with Crippen molar-refractivity contribution in [3.05, 3.63) is 28.8 Å². The number of aliphatic hydroxyl groups excluding tert-OH is 1. The third-order valence-corrected chi connectivity index (χ3v) is 3.36. The molecule has 1 unspecified atom stereocenters. The van der Waals surface area contributed by atoms with E-state index < -0.39 is 6.10 Å². The molecule has 1 fully saturated rings. The number of nitrogens with zero attached hydrogens (tertiary/aromatic N) is 1. The largest absolute Gasteiger partial charge is 0.392 e. The molecule has 1 saturated heterocycles. The average Bonchev–Trinajstić information content (AvgIpc) is 2.82. The second kappa shape index (κ2) is 6.24. The zero-order chi connectivity index (χ0) is 14.7. The van der Waals surface area contributed by atoms with Crippen molar-refractivity contribution in [2.24, 2.45) is 0 Å². The normalized spacial score (nSPS) is 16.4. The van der Waals surface area contributed by atoms with E-state index in [1.54, 1.807) is 30.0 Å². The summed E-state index contributed by atoms with van der Waals surface area (Å²) in [5, 5.41) is 12.3. The summed E-state index contributed by atoms with van der Waals surface area (Å²) in [6, 6.07) is 4.84. The number of aliphatic hydroxyl groups is 1. The van der Waals surface area contributed by atoms with Crippen molar-refractivity contribution in [1.29, 1.82) is 0 Å². The van der Waals surface area contributed by atoms with Crippen molar-refractivity contribution in [2.75, 3.05) is 18.0 Å². The molecule has 1 atom stereocenters. The Labute approximate surface area is 122 Å². The van der Waals surface area contributed by atoms with Gasteiger partial charge in [-0.05, 0) is 31.5 Å².